The zero-order chi connectivity index (χ0) is 23.6. The Labute approximate surface area is 193 Å². The van der Waals surface area contributed by atoms with Crippen molar-refractivity contribution in [3.8, 4) is 23.0 Å². The van der Waals surface area contributed by atoms with Crippen molar-refractivity contribution in [2.24, 2.45) is 5.10 Å². The van der Waals surface area contributed by atoms with Crippen LogP contribution in [0.25, 0.3) is 12.2 Å². The number of rotatable bonds is 9. The SMILES string of the molecule is COc1ccc(/C=C/c2cc(OC)cc(OC)c2/C=N/NC(=O)c2cccc(OC)c2)cc1. The third kappa shape index (κ3) is 6.13. The highest BCUT2D eigenvalue weighted by Crippen LogP contribution is 2.29. The van der Waals surface area contributed by atoms with Crippen LogP contribution in [0.2, 0.25) is 0 Å². The molecule has 0 aliphatic carbocycles. The minimum Gasteiger partial charge on any atom is -0.497 e. The van der Waals surface area contributed by atoms with E-state index in [0.717, 1.165) is 16.9 Å². The number of hydrazone groups is 1. The Bertz CT molecular complexity index is 1150. The van der Waals surface area contributed by atoms with Gasteiger partial charge >= 0.3 is 0 Å². The second kappa shape index (κ2) is 11.4. The van der Waals surface area contributed by atoms with Crippen molar-refractivity contribution < 1.29 is 23.7 Å². The van der Waals surface area contributed by atoms with E-state index >= 15 is 0 Å². The molecule has 1 N–H and O–H groups in total. The molecule has 0 atom stereocenters. The average Bonchev–Trinajstić information content (AvgIpc) is 2.87. The van der Waals surface area contributed by atoms with E-state index in [1.165, 1.54) is 0 Å². The zero-order valence-electron chi connectivity index (χ0n) is 19.0. The van der Waals surface area contributed by atoms with Gasteiger partial charge in [-0.3, -0.25) is 4.79 Å². The summed E-state index contributed by atoms with van der Waals surface area (Å²) >= 11 is 0. The van der Waals surface area contributed by atoms with Crippen molar-refractivity contribution in [3.05, 3.63) is 82.9 Å². The van der Waals surface area contributed by atoms with Crippen LogP contribution < -0.4 is 24.4 Å². The number of methoxy groups -OCH3 is 4. The second-order valence-corrected chi connectivity index (χ2v) is 6.87. The van der Waals surface area contributed by atoms with E-state index in [0.29, 0.717) is 28.4 Å². The number of carbonyl (C=O) groups excluding carboxylic acids is 1. The van der Waals surface area contributed by atoms with Crippen LogP contribution in [-0.2, 0) is 0 Å². The highest BCUT2D eigenvalue weighted by molar-refractivity contribution is 5.96. The molecule has 0 aliphatic rings. The van der Waals surface area contributed by atoms with Crippen molar-refractivity contribution in [2.75, 3.05) is 28.4 Å². The van der Waals surface area contributed by atoms with Crippen molar-refractivity contribution in [3.63, 3.8) is 0 Å². The lowest BCUT2D eigenvalue weighted by atomic mass is 10.0. The lowest BCUT2D eigenvalue weighted by Gasteiger charge is -2.11. The fourth-order valence-electron chi connectivity index (χ4n) is 3.07. The monoisotopic (exact) mass is 446 g/mol. The van der Waals surface area contributed by atoms with Crippen LogP contribution in [0.15, 0.2) is 65.8 Å². The molecule has 3 rings (SSSR count). The van der Waals surface area contributed by atoms with Gasteiger partial charge in [0.1, 0.15) is 23.0 Å². The summed E-state index contributed by atoms with van der Waals surface area (Å²) in [5.41, 5.74) is 5.47. The third-order valence-electron chi connectivity index (χ3n) is 4.87. The van der Waals surface area contributed by atoms with Gasteiger partial charge in [0.25, 0.3) is 5.91 Å². The smallest absolute Gasteiger partial charge is 0.271 e. The Balaban J connectivity index is 1.87. The maximum Gasteiger partial charge on any atom is 0.271 e. The van der Waals surface area contributed by atoms with Crippen LogP contribution in [0.4, 0.5) is 0 Å². The Hall–Kier alpha value is -4.26. The number of hydrogen-bond acceptors (Lipinski definition) is 6. The molecule has 7 heteroatoms. The lowest BCUT2D eigenvalue weighted by Crippen LogP contribution is -2.17. The van der Waals surface area contributed by atoms with Crippen molar-refractivity contribution in [1.82, 2.24) is 5.43 Å². The van der Waals surface area contributed by atoms with Crippen LogP contribution in [0.5, 0.6) is 23.0 Å². The molecule has 33 heavy (non-hydrogen) atoms. The van der Waals surface area contributed by atoms with Gasteiger partial charge in [0, 0.05) is 17.2 Å². The van der Waals surface area contributed by atoms with E-state index < -0.39 is 0 Å². The average molecular weight is 447 g/mol. The predicted molar refractivity (Wildman–Crippen MR) is 130 cm³/mol. The molecular weight excluding hydrogens is 420 g/mol. The minimum atomic E-state index is -0.354. The summed E-state index contributed by atoms with van der Waals surface area (Å²) in [6.07, 6.45) is 5.43. The summed E-state index contributed by atoms with van der Waals surface area (Å²) in [6.45, 7) is 0. The van der Waals surface area contributed by atoms with Gasteiger partial charge in [0.05, 0.1) is 34.7 Å². The molecule has 1 amide bonds. The Morgan fingerprint density at radius 3 is 2.18 bits per heavy atom. The molecule has 0 aliphatic heterocycles. The summed E-state index contributed by atoms with van der Waals surface area (Å²) in [5, 5.41) is 4.14. The van der Waals surface area contributed by atoms with Crippen molar-refractivity contribution in [1.29, 1.82) is 0 Å². The second-order valence-electron chi connectivity index (χ2n) is 6.87. The summed E-state index contributed by atoms with van der Waals surface area (Å²) < 4.78 is 21.3. The highest BCUT2D eigenvalue weighted by atomic mass is 16.5. The summed E-state index contributed by atoms with van der Waals surface area (Å²) in [7, 11) is 6.34. The summed E-state index contributed by atoms with van der Waals surface area (Å²) in [5.74, 6) is 2.22. The first-order valence-electron chi connectivity index (χ1n) is 10.1. The van der Waals surface area contributed by atoms with Gasteiger partial charge in [-0.15, -0.1) is 0 Å². The molecule has 0 saturated carbocycles. The number of ether oxygens (including phenoxy) is 4. The van der Waals surface area contributed by atoms with Gasteiger partial charge in [-0.2, -0.15) is 5.10 Å². The topological polar surface area (TPSA) is 78.4 Å². The van der Waals surface area contributed by atoms with Crippen LogP contribution in [-0.4, -0.2) is 40.6 Å². The molecule has 170 valence electrons. The van der Waals surface area contributed by atoms with Gasteiger partial charge in [-0.05, 0) is 47.5 Å². The molecule has 0 unspecified atom stereocenters. The molecule has 0 radical (unpaired) electrons. The first kappa shape index (κ1) is 23.4. The number of hydrogen-bond donors (Lipinski definition) is 1. The van der Waals surface area contributed by atoms with Crippen LogP contribution in [0.1, 0.15) is 27.0 Å². The van der Waals surface area contributed by atoms with E-state index in [-0.39, 0.29) is 5.91 Å². The molecule has 3 aromatic carbocycles. The largest absolute Gasteiger partial charge is 0.497 e. The van der Waals surface area contributed by atoms with Gasteiger partial charge in [0.2, 0.25) is 0 Å². The fourth-order valence-corrected chi connectivity index (χ4v) is 3.07. The fraction of sp³-hybridized carbons (Fsp3) is 0.154. The third-order valence-corrected chi connectivity index (χ3v) is 4.87. The molecule has 0 bridgehead atoms. The van der Waals surface area contributed by atoms with Gasteiger partial charge < -0.3 is 18.9 Å². The standard InChI is InChI=1S/C26H26N2O5/c1-30-21-12-9-18(10-13-21)8-11-19-14-23(32-3)16-25(33-4)24(19)17-27-28-26(29)20-6-5-7-22(15-20)31-2/h5-17H,1-4H3,(H,28,29)/b11-8+,27-17+. The predicted octanol–water partition coefficient (Wildman–Crippen LogP) is 4.66. The summed E-state index contributed by atoms with van der Waals surface area (Å²) in [4.78, 5) is 12.4. The Morgan fingerprint density at radius 1 is 0.788 bits per heavy atom. The lowest BCUT2D eigenvalue weighted by molar-refractivity contribution is 0.0954. The summed E-state index contributed by atoms with van der Waals surface area (Å²) in [6, 6.07) is 18.2. The van der Waals surface area contributed by atoms with Crippen molar-refractivity contribution in [2.45, 2.75) is 0 Å². The van der Waals surface area contributed by atoms with Gasteiger partial charge in [0.15, 0.2) is 0 Å². The van der Waals surface area contributed by atoms with E-state index in [9.17, 15) is 4.79 Å². The molecule has 0 fully saturated rings. The minimum absolute atomic E-state index is 0.354. The molecule has 3 aromatic rings. The number of nitrogens with zero attached hydrogens (tertiary/aromatic N) is 1. The number of benzene rings is 3. The van der Waals surface area contributed by atoms with Crippen LogP contribution in [0, 0.1) is 0 Å². The van der Waals surface area contributed by atoms with Crippen LogP contribution in [0.3, 0.4) is 0 Å². The quantitative estimate of drug-likeness (QED) is 0.294. The molecule has 0 spiro atoms. The molecule has 0 saturated heterocycles. The number of amides is 1. The van der Waals surface area contributed by atoms with Gasteiger partial charge in [-0.1, -0.05) is 30.4 Å². The van der Waals surface area contributed by atoms with E-state index in [1.54, 1.807) is 65.0 Å². The molecule has 7 nitrogen and oxygen atoms in total. The maximum absolute atomic E-state index is 12.4. The Kier molecular flexibility index (Phi) is 8.07. The van der Waals surface area contributed by atoms with Gasteiger partial charge in [-0.25, -0.2) is 5.43 Å². The first-order chi connectivity index (χ1) is 16.1. The van der Waals surface area contributed by atoms with E-state index in [2.05, 4.69) is 10.5 Å². The van der Waals surface area contributed by atoms with Crippen LogP contribution >= 0.6 is 0 Å². The number of nitrogens with one attached hydrogen (secondary N) is 1. The first-order valence-corrected chi connectivity index (χ1v) is 10.1. The molecule has 0 aromatic heterocycles. The van der Waals surface area contributed by atoms with Crippen molar-refractivity contribution >= 4 is 24.3 Å². The normalized spacial score (nSPS) is 10.9. The maximum atomic E-state index is 12.4. The molecular formula is C26H26N2O5. The Morgan fingerprint density at radius 2 is 1.52 bits per heavy atom. The number of carbonyl (C=O) groups is 1. The zero-order valence-corrected chi connectivity index (χ0v) is 19.0. The molecule has 0 heterocycles. The van der Waals surface area contributed by atoms with E-state index in [4.69, 9.17) is 18.9 Å². The highest BCUT2D eigenvalue weighted by Gasteiger charge is 2.10. The van der Waals surface area contributed by atoms with E-state index in [1.807, 2.05) is 42.5 Å².